The van der Waals surface area contributed by atoms with Crippen LogP contribution in [0.15, 0.2) is 18.5 Å². The fourth-order valence-corrected chi connectivity index (χ4v) is 5.55. The molecule has 0 aliphatic carbocycles. The number of aromatic nitrogens is 2. The molecular weight excluding hydrogens is 394 g/mol. The smallest absolute Gasteiger partial charge is 0.263 e. The number of nitrogens with zero attached hydrogens (tertiary/aromatic N) is 4. The van der Waals surface area contributed by atoms with Crippen LogP contribution in [-0.2, 0) is 6.54 Å². The highest BCUT2D eigenvalue weighted by Gasteiger charge is 2.28. The van der Waals surface area contributed by atoms with E-state index in [-0.39, 0.29) is 5.91 Å². The summed E-state index contributed by atoms with van der Waals surface area (Å²) in [7, 11) is 0. The third kappa shape index (κ3) is 5.01. The Morgan fingerprint density at radius 3 is 2.70 bits per heavy atom. The van der Waals surface area contributed by atoms with Gasteiger partial charge in [-0.3, -0.25) is 14.7 Å². The summed E-state index contributed by atoms with van der Waals surface area (Å²) in [6, 6.07) is 2.75. The van der Waals surface area contributed by atoms with Gasteiger partial charge in [-0.25, -0.2) is 4.98 Å². The number of nitrogens with one attached hydrogen (secondary N) is 1. The van der Waals surface area contributed by atoms with E-state index in [2.05, 4.69) is 38.9 Å². The van der Waals surface area contributed by atoms with E-state index in [0.29, 0.717) is 17.5 Å². The molecule has 0 saturated carbocycles. The molecule has 4 heterocycles. The second kappa shape index (κ2) is 9.43. The Morgan fingerprint density at radius 1 is 1.17 bits per heavy atom. The average molecular weight is 428 g/mol. The van der Waals surface area contributed by atoms with Crippen molar-refractivity contribution in [3.05, 3.63) is 40.2 Å². The highest BCUT2D eigenvalue weighted by molar-refractivity contribution is 7.17. The minimum absolute atomic E-state index is 0.0593. The molecule has 1 N–H and O–H groups in total. The Hall–Kier alpha value is -1.99. The largest absolute Gasteiger partial charge is 0.348 e. The Kier molecular flexibility index (Phi) is 6.68. The second-order valence-electron chi connectivity index (χ2n) is 8.90. The van der Waals surface area contributed by atoms with Crippen LogP contribution in [0, 0.1) is 19.8 Å². The maximum atomic E-state index is 12.6. The minimum Gasteiger partial charge on any atom is -0.348 e. The van der Waals surface area contributed by atoms with E-state index in [0.717, 1.165) is 41.0 Å². The first-order valence-corrected chi connectivity index (χ1v) is 12.0. The van der Waals surface area contributed by atoms with E-state index < -0.39 is 0 Å². The fourth-order valence-electron chi connectivity index (χ4n) is 4.67. The van der Waals surface area contributed by atoms with Crippen molar-refractivity contribution in [1.29, 1.82) is 0 Å². The van der Waals surface area contributed by atoms with Crippen molar-refractivity contribution in [2.24, 2.45) is 5.92 Å². The van der Waals surface area contributed by atoms with E-state index in [4.69, 9.17) is 0 Å². The first kappa shape index (κ1) is 21.2. The molecule has 0 radical (unpaired) electrons. The fraction of sp³-hybridized carbons (Fsp3) is 0.609. The van der Waals surface area contributed by atoms with Gasteiger partial charge in [0.05, 0.1) is 6.20 Å². The molecule has 2 saturated heterocycles. The molecule has 30 heavy (non-hydrogen) atoms. The van der Waals surface area contributed by atoms with Gasteiger partial charge in [0.15, 0.2) is 5.13 Å². The van der Waals surface area contributed by atoms with E-state index >= 15 is 0 Å². The van der Waals surface area contributed by atoms with E-state index in [1.807, 2.05) is 19.2 Å². The minimum atomic E-state index is -0.0593. The monoisotopic (exact) mass is 427 g/mol. The summed E-state index contributed by atoms with van der Waals surface area (Å²) in [5, 5.41) is 3.98. The molecule has 2 aliphatic rings. The molecule has 0 unspecified atom stereocenters. The molecule has 2 aromatic rings. The second-order valence-corrected chi connectivity index (χ2v) is 9.91. The van der Waals surface area contributed by atoms with Crippen LogP contribution in [0.25, 0.3) is 0 Å². The van der Waals surface area contributed by atoms with Crippen molar-refractivity contribution < 1.29 is 4.79 Å². The molecule has 7 heteroatoms. The van der Waals surface area contributed by atoms with Crippen LogP contribution in [0.4, 0.5) is 5.13 Å². The third-order valence-corrected chi connectivity index (χ3v) is 7.51. The van der Waals surface area contributed by atoms with Gasteiger partial charge in [0.1, 0.15) is 4.88 Å². The number of carbonyl (C=O) groups is 1. The maximum absolute atomic E-state index is 12.6. The molecule has 1 atom stereocenters. The molecule has 0 spiro atoms. The Labute approximate surface area is 183 Å². The Bertz CT molecular complexity index is 874. The summed E-state index contributed by atoms with van der Waals surface area (Å²) >= 11 is 1.50. The van der Waals surface area contributed by atoms with Gasteiger partial charge in [-0.15, -0.1) is 0 Å². The zero-order chi connectivity index (χ0) is 21.1. The summed E-state index contributed by atoms with van der Waals surface area (Å²) in [5.41, 5.74) is 3.19. The van der Waals surface area contributed by atoms with Gasteiger partial charge in [0.25, 0.3) is 5.91 Å². The lowest BCUT2D eigenvalue weighted by atomic mass is 9.95. The van der Waals surface area contributed by atoms with Crippen molar-refractivity contribution in [2.45, 2.75) is 59.0 Å². The number of hydrogen-bond acceptors (Lipinski definition) is 6. The molecule has 2 aromatic heterocycles. The molecule has 0 bridgehead atoms. The molecule has 4 rings (SSSR count). The molecule has 0 aromatic carbocycles. The molecular formula is C23H33N5OS. The lowest BCUT2D eigenvalue weighted by Gasteiger charge is -2.41. The van der Waals surface area contributed by atoms with Gasteiger partial charge in [-0.1, -0.05) is 18.3 Å². The van der Waals surface area contributed by atoms with E-state index in [1.54, 1.807) is 6.20 Å². The van der Waals surface area contributed by atoms with Crippen LogP contribution in [0.5, 0.6) is 0 Å². The van der Waals surface area contributed by atoms with Crippen LogP contribution >= 0.6 is 11.3 Å². The molecule has 1 amide bonds. The van der Waals surface area contributed by atoms with Gasteiger partial charge < -0.3 is 10.2 Å². The van der Waals surface area contributed by atoms with Crippen LogP contribution in [0.3, 0.4) is 0 Å². The summed E-state index contributed by atoms with van der Waals surface area (Å²) in [4.78, 5) is 27.2. The van der Waals surface area contributed by atoms with Crippen LogP contribution < -0.4 is 10.2 Å². The lowest BCUT2D eigenvalue weighted by Crippen LogP contribution is -2.48. The molecule has 162 valence electrons. The number of hydrogen-bond donors (Lipinski definition) is 1. The number of aryl methyl sites for hydroxylation is 2. The number of thiazole rings is 1. The summed E-state index contributed by atoms with van der Waals surface area (Å²) in [5.74, 6) is 0.771. The number of piperidine rings is 2. The van der Waals surface area contributed by atoms with Gasteiger partial charge in [-0.2, -0.15) is 0 Å². The van der Waals surface area contributed by atoms with Gasteiger partial charge in [-0.05, 0) is 69.2 Å². The number of pyridine rings is 1. The lowest BCUT2D eigenvalue weighted by molar-refractivity contribution is 0.0954. The first-order chi connectivity index (χ1) is 14.5. The quantitative estimate of drug-likeness (QED) is 0.787. The highest BCUT2D eigenvalue weighted by atomic mass is 32.1. The maximum Gasteiger partial charge on any atom is 0.263 e. The van der Waals surface area contributed by atoms with Crippen molar-refractivity contribution in [3.63, 3.8) is 0 Å². The summed E-state index contributed by atoms with van der Waals surface area (Å²) in [6.07, 6.45) is 8.65. The van der Waals surface area contributed by atoms with Crippen molar-refractivity contribution in [3.8, 4) is 0 Å². The zero-order valence-corrected chi connectivity index (χ0v) is 19.2. The number of amides is 1. The van der Waals surface area contributed by atoms with Crippen LogP contribution in [-0.4, -0.2) is 53.0 Å². The van der Waals surface area contributed by atoms with Gasteiger partial charge in [0, 0.05) is 44.1 Å². The highest BCUT2D eigenvalue weighted by Crippen LogP contribution is 2.28. The standard InChI is InChI=1S/C23H33N5OS/c1-16-5-4-8-28(15-16)20-6-9-27(10-7-20)23-26-14-21(30-23)22(29)25-13-19-12-24-18(3)11-17(19)2/h11-12,14,16,20H,4-10,13,15H2,1-3H3,(H,25,29)/t16-/m1/s1. The predicted molar refractivity (Wildman–Crippen MR) is 122 cm³/mol. The Morgan fingerprint density at radius 2 is 1.97 bits per heavy atom. The predicted octanol–water partition coefficient (Wildman–Crippen LogP) is 3.79. The third-order valence-electron chi connectivity index (χ3n) is 6.45. The van der Waals surface area contributed by atoms with Gasteiger partial charge >= 0.3 is 0 Å². The van der Waals surface area contributed by atoms with Gasteiger partial charge in [0.2, 0.25) is 0 Å². The van der Waals surface area contributed by atoms with Crippen molar-refractivity contribution in [1.82, 2.24) is 20.2 Å². The van der Waals surface area contributed by atoms with Crippen molar-refractivity contribution >= 4 is 22.4 Å². The number of likely N-dealkylation sites (tertiary alicyclic amines) is 1. The number of anilines is 1. The van der Waals surface area contributed by atoms with Crippen molar-refractivity contribution in [2.75, 3.05) is 31.1 Å². The SMILES string of the molecule is Cc1cc(C)c(CNC(=O)c2cnc(N3CCC(N4CCC[C@@H](C)C4)CC3)s2)cn1. The molecule has 2 fully saturated rings. The molecule has 2 aliphatic heterocycles. The first-order valence-electron chi connectivity index (χ1n) is 11.1. The van der Waals surface area contributed by atoms with E-state index in [1.165, 1.54) is 50.1 Å². The topological polar surface area (TPSA) is 61.4 Å². The van der Waals surface area contributed by atoms with Crippen LogP contribution in [0.2, 0.25) is 0 Å². The number of rotatable bonds is 5. The normalized spacial score (nSPS) is 21.0. The summed E-state index contributed by atoms with van der Waals surface area (Å²) < 4.78 is 0. The average Bonchev–Trinajstić information content (AvgIpc) is 3.23. The summed E-state index contributed by atoms with van der Waals surface area (Å²) in [6.45, 7) is 11.5. The van der Waals surface area contributed by atoms with E-state index in [9.17, 15) is 4.79 Å². The molecule has 6 nitrogen and oxygen atoms in total. The Balaban J connectivity index is 1.29. The zero-order valence-electron chi connectivity index (χ0n) is 18.4. The number of carbonyl (C=O) groups excluding carboxylic acids is 1. The van der Waals surface area contributed by atoms with Crippen LogP contribution in [0.1, 0.15) is 59.1 Å².